The quantitative estimate of drug-likeness (QED) is 0.429. The van der Waals surface area contributed by atoms with Crippen molar-refractivity contribution in [1.82, 2.24) is 4.90 Å². The molecule has 1 aliphatic heterocycles. The van der Waals surface area contributed by atoms with E-state index in [1.165, 1.54) is 57.8 Å². The Morgan fingerprint density at radius 3 is 2.10 bits per heavy atom. The molecule has 0 spiro atoms. The second-order valence-electron chi connectivity index (χ2n) is 6.14. The highest BCUT2D eigenvalue weighted by molar-refractivity contribution is 5.85. The molecule has 2 N–H and O–H groups in total. The van der Waals surface area contributed by atoms with Gasteiger partial charge < -0.3 is 15.1 Å². The van der Waals surface area contributed by atoms with Gasteiger partial charge in [0, 0.05) is 19.6 Å². The Morgan fingerprint density at radius 1 is 0.952 bits per heavy atom. The third-order valence-corrected chi connectivity index (χ3v) is 4.20. The van der Waals surface area contributed by atoms with Gasteiger partial charge in [-0.2, -0.15) is 0 Å². The lowest BCUT2D eigenvalue weighted by Gasteiger charge is -2.30. The van der Waals surface area contributed by atoms with Crippen LogP contribution < -0.4 is 0 Å². The number of rotatable bonds is 12. The summed E-state index contributed by atoms with van der Waals surface area (Å²) in [7, 11) is 0. The van der Waals surface area contributed by atoms with E-state index in [0.717, 1.165) is 32.5 Å². The predicted molar refractivity (Wildman–Crippen MR) is 88.6 cm³/mol. The van der Waals surface area contributed by atoms with E-state index >= 15 is 0 Å². The highest BCUT2D eigenvalue weighted by Gasteiger charge is 2.19. The van der Waals surface area contributed by atoms with Crippen LogP contribution in [0, 0.1) is 0 Å². The fraction of sp³-hybridized carbons (Fsp3) is 0.941. The zero-order valence-corrected chi connectivity index (χ0v) is 13.8. The summed E-state index contributed by atoms with van der Waals surface area (Å²) >= 11 is 0. The molecule has 0 aromatic carbocycles. The summed E-state index contributed by atoms with van der Waals surface area (Å²) in [5, 5.41) is 18.6. The molecule has 4 heteroatoms. The summed E-state index contributed by atoms with van der Waals surface area (Å²) in [6.07, 6.45) is 12.9. The van der Waals surface area contributed by atoms with E-state index in [1.807, 2.05) is 4.90 Å². The molecule has 0 fully saturated rings. The molecule has 0 bridgehead atoms. The van der Waals surface area contributed by atoms with E-state index in [9.17, 15) is 10.2 Å². The van der Waals surface area contributed by atoms with Crippen molar-refractivity contribution in [2.24, 2.45) is 4.99 Å². The minimum Gasteiger partial charge on any atom is -0.362 e. The SMILES string of the molecule is CCCCCCCCCCCCN1CCCN=C1C(O)O. The van der Waals surface area contributed by atoms with E-state index in [0.29, 0.717) is 5.84 Å². The zero-order chi connectivity index (χ0) is 15.3. The highest BCUT2D eigenvalue weighted by Crippen LogP contribution is 2.12. The average Bonchev–Trinajstić information content (AvgIpc) is 2.49. The van der Waals surface area contributed by atoms with Gasteiger partial charge in [0.05, 0.1) is 0 Å². The summed E-state index contributed by atoms with van der Waals surface area (Å²) in [5.41, 5.74) is 0. The van der Waals surface area contributed by atoms with Gasteiger partial charge >= 0.3 is 0 Å². The Bertz CT molecular complexity index is 280. The van der Waals surface area contributed by atoms with Crippen LogP contribution in [0.4, 0.5) is 0 Å². The molecule has 0 amide bonds. The van der Waals surface area contributed by atoms with Crippen LogP contribution in [0.2, 0.25) is 0 Å². The van der Waals surface area contributed by atoms with Gasteiger partial charge in [0.25, 0.3) is 0 Å². The van der Waals surface area contributed by atoms with E-state index in [4.69, 9.17) is 0 Å². The highest BCUT2D eigenvalue weighted by atomic mass is 16.5. The Labute approximate surface area is 130 Å². The van der Waals surface area contributed by atoms with Crippen LogP contribution in [0.15, 0.2) is 4.99 Å². The van der Waals surface area contributed by atoms with Crippen molar-refractivity contribution in [2.45, 2.75) is 83.8 Å². The van der Waals surface area contributed by atoms with E-state index in [1.54, 1.807) is 0 Å². The van der Waals surface area contributed by atoms with Crippen LogP contribution in [0.5, 0.6) is 0 Å². The van der Waals surface area contributed by atoms with Gasteiger partial charge in [-0.1, -0.05) is 64.7 Å². The summed E-state index contributed by atoms with van der Waals surface area (Å²) in [6.45, 7) is 4.80. The first-order valence-corrected chi connectivity index (χ1v) is 8.91. The van der Waals surface area contributed by atoms with Crippen LogP contribution in [-0.4, -0.2) is 46.9 Å². The van der Waals surface area contributed by atoms with Crippen molar-refractivity contribution in [2.75, 3.05) is 19.6 Å². The molecule has 4 nitrogen and oxygen atoms in total. The number of hydrogen-bond acceptors (Lipinski definition) is 4. The number of unbranched alkanes of at least 4 members (excludes halogenated alkanes) is 9. The Hall–Kier alpha value is -0.610. The van der Waals surface area contributed by atoms with Gasteiger partial charge in [0.1, 0.15) is 0 Å². The van der Waals surface area contributed by atoms with Crippen LogP contribution in [0.1, 0.15) is 77.6 Å². The van der Waals surface area contributed by atoms with Crippen molar-refractivity contribution >= 4 is 5.84 Å². The second kappa shape index (κ2) is 12.0. The monoisotopic (exact) mass is 298 g/mol. The minimum atomic E-state index is -1.41. The van der Waals surface area contributed by atoms with Crippen LogP contribution in [0.3, 0.4) is 0 Å². The van der Waals surface area contributed by atoms with Crippen LogP contribution >= 0.6 is 0 Å². The van der Waals surface area contributed by atoms with Gasteiger partial charge in [0.2, 0.25) is 6.29 Å². The first-order valence-electron chi connectivity index (χ1n) is 8.91. The number of aliphatic hydroxyl groups excluding tert-OH is 1. The molecule has 0 aliphatic carbocycles. The Balaban J connectivity index is 1.96. The lowest BCUT2D eigenvalue weighted by Crippen LogP contribution is -2.43. The third kappa shape index (κ3) is 8.42. The molecule has 1 rings (SSSR count). The maximum atomic E-state index is 9.29. The van der Waals surface area contributed by atoms with E-state index in [-0.39, 0.29) is 0 Å². The standard InChI is InChI=1S/C17H34N2O2/c1-2-3-4-5-6-7-8-9-10-11-14-19-15-12-13-18-16(19)17(20)21/h17,20-21H,2-15H2,1H3. The number of amidine groups is 1. The number of nitrogens with zero attached hydrogens (tertiary/aromatic N) is 2. The van der Waals surface area contributed by atoms with Gasteiger partial charge in [-0.15, -0.1) is 0 Å². The predicted octanol–water partition coefficient (Wildman–Crippen LogP) is 3.32. The number of aliphatic imine (C=N–C) groups is 1. The summed E-state index contributed by atoms with van der Waals surface area (Å²) in [5.74, 6) is 0.470. The fourth-order valence-electron chi connectivity index (χ4n) is 2.93. The number of aliphatic hydroxyl groups is 2. The lowest BCUT2D eigenvalue weighted by atomic mass is 10.1. The fourth-order valence-corrected chi connectivity index (χ4v) is 2.93. The summed E-state index contributed by atoms with van der Waals surface area (Å²) in [6, 6.07) is 0. The van der Waals surface area contributed by atoms with Gasteiger partial charge in [-0.3, -0.25) is 4.99 Å². The Morgan fingerprint density at radius 2 is 1.52 bits per heavy atom. The molecular formula is C17H34N2O2. The summed E-state index contributed by atoms with van der Waals surface area (Å²) < 4.78 is 0. The van der Waals surface area contributed by atoms with Crippen LogP contribution in [-0.2, 0) is 0 Å². The van der Waals surface area contributed by atoms with Gasteiger partial charge in [0.15, 0.2) is 5.84 Å². The molecule has 0 saturated carbocycles. The molecule has 1 aliphatic rings. The zero-order valence-electron chi connectivity index (χ0n) is 13.8. The largest absolute Gasteiger partial charge is 0.362 e. The van der Waals surface area contributed by atoms with Crippen molar-refractivity contribution in [3.63, 3.8) is 0 Å². The molecule has 0 saturated heterocycles. The molecule has 0 unspecified atom stereocenters. The molecule has 124 valence electrons. The minimum absolute atomic E-state index is 0.470. The topological polar surface area (TPSA) is 56.1 Å². The lowest BCUT2D eigenvalue weighted by molar-refractivity contribution is 0.00796. The van der Waals surface area contributed by atoms with E-state index in [2.05, 4.69) is 11.9 Å². The van der Waals surface area contributed by atoms with Crippen molar-refractivity contribution in [1.29, 1.82) is 0 Å². The Kier molecular flexibility index (Phi) is 10.5. The number of hydrogen-bond donors (Lipinski definition) is 2. The van der Waals surface area contributed by atoms with Crippen LogP contribution in [0.25, 0.3) is 0 Å². The third-order valence-electron chi connectivity index (χ3n) is 4.20. The normalized spacial score (nSPS) is 15.6. The maximum Gasteiger partial charge on any atom is 0.211 e. The molecular weight excluding hydrogens is 264 g/mol. The summed E-state index contributed by atoms with van der Waals surface area (Å²) in [4.78, 5) is 6.26. The first-order chi connectivity index (χ1) is 10.3. The van der Waals surface area contributed by atoms with E-state index < -0.39 is 6.29 Å². The molecule has 0 aromatic heterocycles. The molecule has 0 aromatic rings. The molecule has 1 heterocycles. The first kappa shape index (κ1) is 18.4. The van der Waals surface area contributed by atoms with Gasteiger partial charge in [-0.25, -0.2) is 0 Å². The van der Waals surface area contributed by atoms with Crippen molar-refractivity contribution in [3.8, 4) is 0 Å². The molecule has 21 heavy (non-hydrogen) atoms. The molecule has 0 atom stereocenters. The van der Waals surface area contributed by atoms with Crippen molar-refractivity contribution in [3.05, 3.63) is 0 Å². The molecule has 0 radical (unpaired) electrons. The van der Waals surface area contributed by atoms with Gasteiger partial charge in [-0.05, 0) is 12.8 Å². The average molecular weight is 298 g/mol. The maximum absolute atomic E-state index is 9.29. The second-order valence-corrected chi connectivity index (χ2v) is 6.14. The smallest absolute Gasteiger partial charge is 0.211 e. The van der Waals surface area contributed by atoms with Crippen molar-refractivity contribution < 1.29 is 10.2 Å².